The number of halogens is 1. The molecule has 0 saturated heterocycles. The minimum atomic E-state index is -0.0141. The van der Waals surface area contributed by atoms with Gasteiger partial charge in [-0.15, -0.1) is 0 Å². The Morgan fingerprint density at radius 2 is 1.73 bits per heavy atom. The van der Waals surface area contributed by atoms with Crippen LogP contribution in [0, 0.1) is 0 Å². The van der Waals surface area contributed by atoms with E-state index in [0.29, 0.717) is 37.6 Å². The molecule has 1 heterocycles. The summed E-state index contributed by atoms with van der Waals surface area (Å²) in [6.45, 7) is 6.37. The van der Waals surface area contributed by atoms with E-state index in [0.717, 1.165) is 48.1 Å². The summed E-state index contributed by atoms with van der Waals surface area (Å²) in [4.78, 5) is 31.5. The number of aromatic nitrogens is 2. The van der Waals surface area contributed by atoms with E-state index in [9.17, 15) is 9.59 Å². The van der Waals surface area contributed by atoms with Gasteiger partial charge in [0.1, 0.15) is 12.4 Å². The summed E-state index contributed by atoms with van der Waals surface area (Å²) in [6, 6.07) is 15.4. The van der Waals surface area contributed by atoms with Gasteiger partial charge >= 0.3 is 0 Å². The number of hydrogen-bond donors (Lipinski definition) is 1. The van der Waals surface area contributed by atoms with Crippen LogP contribution in [-0.2, 0) is 29.0 Å². The quantitative estimate of drug-likeness (QED) is 0.394. The molecule has 0 spiro atoms. The fourth-order valence-electron chi connectivity index (χ4n) is 3.99. The number of carbonyl (C=O) groups excluding carboxylic acids is 2. The van der Waals surface area contributed by atoms with E-state index in [1.807, 2.05) is 61.2 Å². The second-order valence-electron chi connectivity index (χ2n) is 8.10. The van der Waals surface area contributed by atoms with Gasteiger partial charge in [-0.2, -0.15) is 0 Å². The van der Waals surface area contributed by atoms with Crippen LogP contribution in [0.2, 0.25) is 5.02 Å². The number of likely N-dealkylation sites (N-methyl/N-ethyl adjacent to an activating group) is 1. The Morgan fingerprint density at radius 3 is 2.48 bits per heavy atom. The first-order valence-electron chi connectivity index (χ1n) is 11.8. The van der Waals surface area contributed by atoms with Crippen molar-refractivity contribution >= 4 is 34.4 Å². The Hall–Kier alpha value is -2.86. The van der Waals surface area contributed by atoms with E-state index >= 15 is 0 Å². The summed E-state index contributed by atoms with van der Waals surface area (Å²) in [7, 11) is 0. The molecule has 1 N–H and O–H groups in total. The highest BCUT2D eigenvalue weighted by Crippen LogP contribution is 2.18. The Balaban J connectivity index is 1.49. The van der Waals surface area contributed by atoms with E-state index in [1.54, 1.807) is 6.07 Å². The molecule has 1 aromatic heterocycles. The molecule has 0 fully saturated rings. The Bertz CT molecular complexity index is 1080. The van der Waals surface area contributed by atoms with Gasteiger partial charge in [0.15, 0.2) is 0 Å². The monoisotopic (exact) mass is 468 g/mol. The van der Waals surface area contributed by atoms with E-state index in [4.69, 9.17) is 16.6 Å². The predicted molar refractivity (Wildman–Crippen MR) is 133 cm³/mol. The number of imidazole rings is 1. The molecule has 7 heteroatoms. The fraction of sp³-hybridized carbons (Fsp3) is 0.423. The molecule has 0 aliphatic heterocycles. The number of carbonyl (C=O) groups is 2. The number of benzene rings is 2. The first-order chi connectivity index (χ1) is 16.0. The average molecular weight is 469 g/mol. The van der Waals surface area contributed by atoms with E-state index < -0.39 is 0 Å². The SMILES string of the molecule is CCN(CC)C(=O)Cn1c(CCCCCNC(=O)Cc2ccccc2Cl)nc2ccccc21. The number of rotatable bonds is 12. The molecule has 0 radical (unpaired) electrons. The molecule has 6 nitrogen and oxygen atoms in total. The Labute approximate surface area is 200 Å². The van der Waals surface area contributed by atoms with Gasteiger partial charge in [0.05, 0.1) is 17.5 Å². The first-order valence-corrected chi connectivity index (χ1v) is 12.1. The highest BCUT2D eigenvalue weighted by molar-refractivity contribution is 6.31. The lowest BCUT2D eigenvalue weighted by Crippen LogP contribution is -2.33. The number of amides is 2. The maximum Gasteiger partial charge on any atom is 0.242 e. The topological polar surface area (TPSA) is 67.2 Å². The third kappa shape index (κ3) is 6.81. The molecular weight excluding hydrogens is 436 g/mol. The number of unbranched alkanes of at least 4 members (excludes halogenated alkanes) is 2. The molecule has 0 saturated carbocycles. The highest BCUT2D eigenvalue weighted by Gasteiger charge is 2.16. The summed E-state index contributed by atoms with van der Waals surface area (Å²) >= 11 is 6.12. The number of hydrogen-bond acceptors (Lipinski definition) is 3. The molecule has 2 aromatic carbocycles. The van der Waals surface area contributed by atoms with Crippen molar-refractivity contribution in [3.63, 3.8) is 0 Å². The van der Waals surface area contributed by atoms with Crippen molar-refractivity contribution in [2.75, 3.05) is 19.6 Å². The third-order valence-corrected chi connectivity index (χ3v) is 6.22. The first kappa shape index (κ1) is 24.8. The van der Waals surface area contributed by atoms with Crippen LogP contribution in [0.4, 0.5) is 0 Å². The zero-order valence-electron chi connectivity index (χ0n) is 19.5. The molecule has 0 bridgehead atoms. The van der Waals surface area contributed by atoms with Crippen LogP contribution in [0.25, 0.3) is 11.0 Å². The van der Waals surface area contributed by atoms with Gasteiger partial charge in [-0.3, -0.25) is 9.59 Å². The van der Waals surface area contributed by atoms with Crippen LogP contribution in [0.3, 0.4) is 0 Å². The van der Waals surface area contributed by atoms with E-state index in [1.165, 1.54) is 0 Å². The summed E-state index contributed by atoms with van der Waals surface area (Å²) in [5.74, 6) is 1.05. The number of fused-ring (bicyclic) bond motifs is 1. The minimum absolute atomic E-state index is 0.0141. The maximum atomic E-state index is 12.7. The summed E-state index contributed by atoms with van der Waals surface area (Å²) in [5, 5.41) is 3.59. The molecule has 176 valence electrons. The van der Waals surface area contributed by atoms with Crippen LogP contribution < -0.4 is 5.32 Å². The number of para-hydroxylation sites is 2. The lowest BCUT2D eigenvalue weighted by Gasteiger charge is -2.20. The molecule has 0 aliphatic rings. The molecule has 2 amide bonds. The standard InChI is InChI=1S/C26H33ClN4O2/c1-3-30(4-2)26(33)19-31-23-15-10-9-14-22(23)29-24(31)16-6-5-11-17-28-25(32)18-20-12-7-8-13-21(20)27/h7-10,12-15H,3-6,11,16-19H2,1-2H3,(H,28,32). The van der Waals surface area contributed by atoms with Gasteiger partial charge in [-0.1, -0.05) is 48.4 Å². The third-order valence-electron chi connectivity index (χ3n) is 5.85. The van der Waals surface area contributed by atoms with Crippen molar-refractivity contribution in [1.29, 1.82) is 0 Å². The van der Waals surface area contributed by atoms with Gasteiger partial charge in [0, 0.05) is 31.1 Å². The zero-order chi connectivity index (χ0) is 23.6. The molecular formula is C26H33ClN4O2. The fourth-order valence-corrected chi connectivity index (χ4v) is 4.20. The summed E-state index contributed by atoms with van der Waals surface area (Å²) in [6.07, 6.45) is 3.91. The van der Waals surface area contributed by atoms with Crippen LogP contribution in [0.15, 0.2) is 48.5 Å². The molecule has 0 aliphatic carbocycles. The zero-order valence-corrected chi connectivity index (χ0v) is 20.3. The van der Waals surface area contributed by atoms with Crippen molar-refractivity contribution in [3.8, 4) is 0 Å². The smallest absolute Gasteiger partial charge is 0.242 e. The molecule has 3 aromatic rings. The van der Waals surface area contributed by atoms with Crippen molar-refractivity contribution in [2.45, 2.75) is 52.5 Å². The molecule has 0 atom stereocenters. The average Bonchev–Trinajstić information content (AvgIpc) is 3.15. The lowest BCUT2D eigenvalue weighted by molar-refractivity contribution is -0.131. The van der Waals surface area contributed by atoms with E-state index in [-0.39, 0.29) is 11.8 Å². The maximum absolute atomic E-state index is 12.7. The van der Waals surface area contributed by atoms with Crippen molar-refractivity contribution in [3.05, 3.63) is 64.9 Å². The van der Waals surface area contributed by atoms with Gasteiger partial charge in [-0.05, 0) is 50.5 Å². The summed E-state index contributed by atoms with van der Waals surface area (Å²) < 4.78 is 2.06. The number of nitrogens with one attached hydrogen (secondary N) is 1. The van der Waals surface area contributed by atoms with Crippen molar-refractivity contribution in [1.82, 2.24) is 19.8 Å². The van der Waals surface area contributed by atoms with Crippen LogP contribution in [-0.4, -0.2) is 45.9 Å². The highest BCUT2D eigenvalue weighted by atomic mass is 35.5. The van der Waals surface area contributed by atoms with Crippen LogP contribution in [0.5, 0.6) is 0 Å². The lowest BCUT2D eigenvalue weighted by atomic mass is 10.1. The summed E-state index contributed by atoms with van der Waals surface area (Å²) in [5.41, 5.74) is 2.77. The van der Waals surface area contributed by atoms with E-state index in [2.05, 4.69) is 9.88 Å². The Morgan fingerprint density at radius 1 is 1.00 bits per heavy atom. The number of nitrogens with zero attached hydrogens (tertiary/aromatic N) is 3. The minimum Gasteiger partial charge on any atom is -0.356 e. The Kier molecular flexibility index (Phi) is 9.31. The van der Waals surface area contributed by atoms with Gasteiger partial charge < -0.3 is 14.8 Å². The van der Waals surface area contributed by atoms with Crippen LogP contribution >= 0.6 is 11.6 Å². The van der Waals surface area contributed by atoms with Gasteiger partial charge in [0.2, 0.25) is 11.8 Å². The normalized spacial score (nSPS) is 11.0. The second-order valence-corrected chi connectivity index (χ2v) is 8.50. The van der Waals surface area contributed by atoms with Crippen LogP contribution in [0.1, 0.15) is 44.5 Å². The largest absolute Gasteiger partial charge is 0.356 e. The van der Waals surface area contributed by atoms with Gasteiger partial charge in [0.25, 0.3) is 0 Å². The van der Waals surface area contributed by atoms with Gasteiger partial charge in [-0.25, -0.2) is 4.98 Å². The van der Waals surface area contributed by atoms with Crippen molar-refractivity contribution < 1.29 is 9.59 Å². The predicted octanol–water partition coefficient (Wildman–Crippen LogP) is 4.63. The molecule has 3 rings (SSSR count). The molecule has 0 unspecified atom stereocenters. The van der Waals surface area contributed by atoms with Crippen molar-refractivity contribution in [2.24, 2.45) is 0 Å². The molecule has 33 heavy (non-hydrogen) atoms. The number of aryl methyl sites for hydroxylation is 1. The second kappa shape index (κ2) is 12.4.